The van der Waals surface area contributed by atoms with Gasteiger partial charge in [0, 0.05) is 27.9 Å². The van der Waals surface area contributed by atoms with Crippen LogP contribution in [0, 0.1) is 6.92 Å². The van der Waals surface area contributed by atoms with Crippen LogP contribution in [0.4, 0.5) is 5.69 Å². The van der Waals surface area contributed by atoms with Gasteiger partial charge >= 0.3 is 0 Å². The second-order valence-electron chi connectivity index (χ2n) is 7.67. The van der Waals surface area contributed by atoms with E-state index in [4.69, 9.17) is 32.6 Å². The molecular formula is C27H18Cl2N2O2S. The first-order chi connectivity index (χ1) is 16.5. The Bertz CT molecular complexity index is 1520. The van der Waals surface area contributed by atoms with Crippen LogP contribution in [0.1, 0.15) is 11.3 Å². The molecule has 5 rings (SSSR count). The third kappa shape index (κ3) is 4.77. The number of carbonyl (C=O) groups excluding carboxylic acids is 1. The van der Waals surface area contributed by atoms with Crippen molar-refractivity contribution in [3.05, 3.63) is 100 Å². The molecule has 3 aromatic carbocycles. The van der Waals surface area contributed by atoms with Crippen LogP contribution < -0.4 is 5.32 Å². The molecule has 0 atom stereocenters. The van der Waals surface area contributed by atoms with Crippen LogP contribution in [0.25, 0.3) is 38.2 Å². The average molecular weight is 505 g/mol. The fourth-order valence-electron chi connectivity index (χ4n) is 3.54. The predicted octanol–water partition coefficient (Wildman–Crippen LogP) is 8.49. The SMILES string of the molecule is Cc1cc(-c2nc3ccccc3s2)ccc1NC(=O)/C=C/c1ccc(-c2ccc(Cl)cc2Cl)o1. The molecule has 0 aliphatic heterocycles. The van der Waals surface area contributed by atoms with Gasteiger partial charge in [0.15, 0.2) is 0 Å². The van der Waals surface area contributed by atoms with Crippen molar-refractivity contribution in [3.8, 4) is 21.9 Å². The van der Waals surface area contributed by atoms with Gasteiger partial charge in [0.25, 0.3) is 0 Å². The summed E-state index contributed by atoms with van der Waals surface area (Å²) in [7, 11) is 0. The van der Waals surface area contributed by atoms with Crippen LogP contribution in [-0.4, -0.2) is 10.9 Å². The second-order valence-corrected chi connectivity index (χ2v) is 9.54. The number of amides is 1. The van der Waals surface area contributed by atoms with Gasteiger partial charge in [0.05, 0.1) is 15.2 Å². The van der Waals surface area contributed by atoms with Crippen LogP contribution in [0.2, 0.25) is 10.0 Å². The summed E-state index contributed by atoms with van der Waals surface area (Å²) in [4.78, 5) is 17.2. The summed E-state index contributed by atoms with van der Waals surface area (Å²) >= 11 is 13.9. The number of thiazole rings is 1. The molecule has 0 radical (unpaired) electrons. The normalized spacial score (nSPS) is 11.4. The van der Waals surface area contributed by atoms with E-state index < -0.39 is 0 Å². The lowest BCUT2D eigenvalue weighted by Gasteiger charge is -2.08. The van der Waals surface area contributed by atoms with Crippen LogP contribution in [0.3, 0.4) is 0 Å². The lowest BCUT2D eigenvalue weighted by molar-refractivity contribution is -0.111. The molecule has 0 spiro atoms. The Balaban J connectivity index is 1.28. The Labute approximate surface area is 210 Å². The van der Waals surface area contributed by atoms with Crippen molar-refractivity contribution in [1.82, 2.24) is 4.98 Å². The van der Waals surface area contributed by atoms with Gasteiger partial charge in [-0.25, -0.2) is 4.98 Å². The molecule has 0 fully saturated rings. The van der Waals surface area contributed by atoms with E-state index in [9.17, 15) is 4.79 Å². The minimum Gasteiger partial charge on any atom is -0.457 e. The zero-order chi connectivity index (χ0) is 23.7. The summed E-state index contributed by atoms with van der Waals surface area (Å²) in [5.41, 5.74) is 4.45. The zero-order valence-electron chi connectivity index (χ0n) is 18.0. The second kappa shape index (κ2) is 9.47. The Morgan fingerprint density at radius 1 is 1.03 bits per heavy atom. The van der Waals surface area contributed by atoms with Crippen molar-refractivity contribution in [1.29, 1.82) is 0 Å². The van der Waals surface area contributed by atoms with E-state index in [0.29, 0.717) is 21.6 Å². The van der Waals surface area contributed by atoms with Crippen LogP contribution >= 0.6 is 34.5 Å². The number of para-hydroxylation sites is 1. The number of hydrogen-bond donors (Lipinski definition) is 1. The summed E-state index contributed by atoms with van der Waals surface area (Å²) in [6.07, 6.45) is 3.06. The maximum atomic E-state index is 12.5. The summed E-state index contributed by atoms with van der Waals surface area (Å²) < 4.78 is 6.95. The first-order valence-electron chi connectivity index (χ1n) is 10.5. The van der Waals surface area contributed by atoms with Crippen LogP contribution in [-0.2, 0) is 4.79 Å². The highest BCUT2D eigenvalue weighted by Crippen LogP contribution is 2.33. The molecule has 0 saturated carbocycles. The maximum Gasteiger partial charge on any atom is 0.248 e. The van der Waals surface area contributed by atoms with E-state index in [1.165, 1.54) is 6.08 Å². The highest BCUT2D eigenvalue weighted by molar-refractivity contribution is 7.21. The van der Waals surface area contributed by atoms with Crippen LogP contribution in [0.15, 0.2) is 83.3 Å². The number of furan rings is 1. The van der Waals surface area contributed by atoms with Crippen molar-refractivity contribution in [2.75, 3.05) is 5.32 Å². The molecule has 0 unspecified atom stereocenters. The number of nitrogens with zero attached hydrogens (tertiary/aromatic N) is 1. The number of carbonyl (C=O) groups is 1. The van der Waals surface area contributed by atoms with Gasteiger partial charge in [0.1, 0.15) is 16.5 Å². The molecular weight excluding hydrogens is 487 g/mol. The molecule has 4 nitrogen and oxygen atoms in total. The number of hydrogen-bond acceptors (Lipinski definition) is 4. The number of aryl methyl sites for hydroxylation is 1. The third-order valence-corrected chi connectivity index (χ3v) is 6.88. The average Bonchev–Trinajstić information content (AvgIpc) is 3.46. The molecule has 2 heterocycles. The Hall–Kier alpha value is -3.38. The van der Waals surface area contributed by atoms with Gasteiger partial charge in [-0.05, 0) is 79.2 Å². The van der Waals surface area contributed by atoms with Gasteiger partial charge in [-0.3, -0.25) is 4.79 Å². The highest BCUT2D eigenvalue weighted by Gasteiger charge is 2.10. The highest BCUT2D eigenvalue weighted by atomic mass is 35.5. The summed E-state index contributed by atoms with van der Waals surface area (Å²) in [6.45, 7) is 1.96. The van der Waals surface area contributed by atoms with E-state index in [1.807, 2.05) is 43.3 Å². The Morgan fingerprint density at radius 3 is 2.68 bits per heavy atom. The number of benzene rings is 3. The molecule has 168 valence electrons. The zero-order valence-corrected chi connectivity index (χ0v) is 20.3. The van der Waals surface area contributed by atoms with Crippen molar-refractivity contribution in [3.63, 3.8) is 0 Å². The van der Waals surface area contributed by atoms with Crippen LogP contribution in [0.5, 0.6) is 0 Å². The molecule has 5 aromatic rings. The maximum absolute atomic E-state index is 12.5. The third-order valence-electron chi connectivity index (χ3n) is 5.25. The Kier molecular flexibility index (Phi) is 6.24. The number of anilines is 1. The molecule has 34 heavy (non-hydrogen) atoms. The van der Waals surface area contributed by atoms with E-state index in [-0.39, 0.29) is 5.91 Å². The molecule has 1 N–H and O–H groups in total. The topological polar surface area (TPSA) is 55.1 Å². The number of halogens is 2. The monoisotopic (exact) mass is 504 g/mol. The quantitative estimate of drug-likeness (QED) is 0.244. The standard InChI is InChI=1S/C27H18Cl2N2O2S/c1-16-14-17(27-31-23-4-2-3-5-25(23)34-27)6-11-22(16)30-26(32)13-9-19-8-12-24(33-19)20-10-7-18(28)15-21(20)29/h2-15H,1H3,(H,30,32)/b13-9+. The molecule has 0 saturated heterocycles. The number of fused-ring (bicyclic) bond motifs is 1. The molecule has 0 aliphatic carbocycles. The lowest BCUT2D eigenvalue weighted by Crippen LogP contribution is -2.08. The van der Waals surface area contributed by atoms with Gasteiger partial charge in [0.2, 0.25) is 5.91 Å². The van der Waals surface area contributed by atoms with Gasteiger partial charge in [-0.1, -0.05) is 35.3 Å². The number of rotatable bonds is 5. The molecule has 2 aromatic heterocycles. The van der Waals surface area contributed by atoms with Crippen molar-refractivity contribution >= 4 is 62.4 Å². The van der Waals surface area contributed by atoms with Crippen molar-refractivity contribution in [2.24, 2.45) is 0 Å². The van der Waals surface area contributed by atoms with Gasteiger partial charge in [-0.15, -0.1) is 11.3 Å². The minimum atomic E-state index is -0.252. The number of nitrogens with one attached hydrogen (secondary N) is 1. The smallest absolute Gasteiger partial charge is 0.248 e. The summed E-state index contributed by atoms with van der Waals surface area (Å²) in [5.74, 6) is 0.889. The van der Waals surface area contributed by atoms with Gasteiger partial charge in [-0.2, -0.15) is 0 Å². The Morgan fingerprint density at radius 2 is 1.88 bits per heavy atom. The molecule has 0 bridgehead atoms. The predicted molar refractivity (Wildman–Crippen MR) is 142 cm³/mol. The largest absolute Gasteiger partial charge is 0.457 e. The lowest BCUT2D eigenvalue weighted by atomic mass is 10.1. The number of aromatic nitrogens is 1. The summed E-state index contributed by atoms with van der Waals surface area (Å²) in [5, 5.41) is 4.93. The first kappa shape index (κ1) is 22.4. The summed E-state index contributed by atoms with van der Waals surface area (Å²) in [6, 6.07) is 22.8. The van der Waals surface area contributed by atoms with E-state index >= 15 is 0 Å². The molecule has 0 aliphatic rings. The first-order valence-corrected chi connectivity index (χ1v) is 12.0. The van der Waals surface area contributed by atoms with Crippen molar-refractivity contribution in [2.45, 2.75) is 6.92 Å². The van der Waals surface area contributed by atoms with E-state index in [1.54, 1.807) is 47.7 Å². The molecule has 1 amide bonds. The van der Waals surface area contributed by atoms with Gasteiger partial charge < -0.3 is 9.73 Å². The van der Waals surface area contributed by atoms with E-state index in [2.05, 4.69) is 11.4 Å². The fraction of sp³-hybridized carbons (Fsp3) is 0.0370. The fourth-order valence-corrected chi connectivity index (χ4v) is 5.00. The minimum absolute atomic E-state index is 0.252. The molecule has 7 heteroatoms. The van der Waals surface area contributed by atoms with E-state index in [0.717, 1.165) is 37.6 Å². The van der Waals surface area contributed by atoms with Crippen molar-refractivity contribution < 1.29 is 9.21 Å².